The smallest absolute Gasteiger partial charge is 0.211 e. The van der Waals surface area contributed by atoms with Gasteiger partial charge in [-0.25, -0.2) is 12.7 Å². The molecule has 0 atom stereocenters. The molecule has 1 saturated heterocycles. The Kier molecular flexibility index (Phi) is 4.69. The first-order valence-corrected chi connectivity index (χ1v) is 8.84. The number of hydrogen-bond donors (Lipinski definition) is 2. The second kappa shape index (κ2) is 5.97. The molecule has 112 valence electrons. The summed E-state index contributed by atoms with van der Waals surface area (Å²) in [7, 11) is -3.11. The average Bonchev–Trinajstić information content (AvgIpc) is 2.33. The van der Waals surface area contributed by atoms with Crippen LogP contribution in [0, 0.1) is 0 Å². The van der Waals surface area contributed by atoms with Crippen LogP contribution >= 0.6 is 23.2 Å². The molecule has 1 aliphatic heterocycles. The number of nitrogen functional groups attached to an aromatic ring is 1. The minimum Gasteiger partial charge on any atom is -0.399 e. The fraction of sp³-hybridized carbons (Fsp3) is 0.500. The number of anilines is 2. The highest BCUT2D eigenvalue weighted by Crippen LogP contribution is 2.34. The van der Waals surface area contributed by atoms with E-state index in [1.807, 2.05) is 0 Å². The molecule has 0 amide bonds. The molecular formula is C12H17Cl2N3O2S. The van der Waals surface area contributed by atoms with E-state index in [0.29, 0.717) is 47.4 Å². The van der Waals surface area contributed by atoms with Gasteiger partial charge in [-0.3, -0.25) is 0 Å². The third-order valence-electron chi connectivity index (χ3n) is 3.34. The molecule has 0 unspecified atom stereocenters. The van der Waals surface area contributed by atoms with Crippen LogP contribution in [0.15, 0.2) is 12.1 Å². The predicted octanol–water partition coefficient (Wildman–Crippen LogP) is 2.41. The van der Waals surface area contributed by atoms with Gasteiger partial charge in [-0.15, -0.1) is 0 Å². The molecule has 0 bridgehead atoms. The molecule has 0 radical (unpaired) electrons. The largest absolute Gasteiger partial charge is 0.399 e. The Morgan fingerprint density at radius 3 is 2.20 bits per heavy atom. The van der Waals surface area contributed by atoms with Gasteiger partial charge in [0.05, 0.1) is 22.0 Å². The van der Waals surface area contributed by atoms with Crippen molar-refractivity contribution in [2.45, 2.75) is 18.9 Å². The lowest BCUT2D eigenvalue weighted by molar-refractivity contribution is 0.332. The van der Waals surface area contributed by atoms with Crippen molar-refractivity contribution in [3.63, 3.8) is 0 Å². The Bertz CT molecular complexity index is 576. The molecule has 1 aliphatic rings. The van der Waals surface area contributed by atoms with E-state index in [0.717, 1.165) is 0 Å². The first kappa shape index (κ1) is 15.7. The van der Waals surface area contributed by atoms with Crippen LogP contribution in [-0.2, 0) is 10.0 Å². The minimum absolute atomic E-state index is 0.145. The van der Waals surface area contributed by atoms with Crippen LogP contribution in [0.3, 0.4) is 0 Å². The van der Waals surface area contributed by atoms with Gasteiger partial charge in [0.15, 0.2) is 0 Å². The average molecular weight is 338 g/mol. The Hall–Kier alpha value is -0.690. The number of piperidine rings is 1. The highest BCUT2D eigenvalue weighted by molar-refractivity contribution is 7.88. The van der Waals surface area contributed by atoms with Crippen LogP contribution in [0.1, 0.15) is 12.8 Å². The second-order valence-corrected chi connectivity index (χ2v) is 7.74. The molecule has 0 aromatic heterocycles. The normalized spacial score (nSPS) is 18.1. The molecule has 5 nitrogen and oxygen atoms in total. The van der Waals surface area contributed by atoms with Crippen molar-refractivity contribution in [1.29, 1.82) is 0 Å². The standard InChI is InChI=1S/C12H17Cl2N3O2S/c1-20(18,19)17-4-2-9(3-5-17)16-12-10(13)6-8(15)7-11(12)14/h6-7,9,16H,2-5,15H2,1H3. The van der Waals surface area contributed by atoms with Crippen molar-refractivity contribution < 1.29 is 8.42 Å². The molecule has 1 aromatic rings. The van der Waals surface area contributed by atoms with E-state index in [9.17, 15) is 8.42 Å². The van der Waals surface area contributed by atoms with Gasteiger partial charge in [-0.05, 0) is 25.0 Å². The molecule has 1 aromatic carbocycles. The third kappa shape index (κ3) is 3.69. The van der Waals surface area contributed by atoms with Crippen LogP contribution in [0.25, 0.3) is 0 Å². The van der Waals surface area contributed by atoms with Crippen LogP contribution in [-0.4, -0.2) is 38.1 Å². The lowest BCUT2D eigenvalue weighted by Crippen LogP contribution is -2.41. The zero-order chi connectivity index (χ0) is 14.9. The van der Waals surface area contributed by atoms with Gasteiger partial charge in [0.25, 0.3) is 0 Å². The van der Waals surface area contributed by atoms with Gasteiger partial charge in [-0.1, -0.05) is 23.2 Å². The van der Waals surface area contributed by atoms with E-state index in [4.69, 9.17) is 28.9 Å². The SMILES string of the molecule is CS(=O)(=O)N1CCC(Nc2c(Cl)cc(N)cc2Cl)CC1. The summed E-state index contributed by atoms with van der Waals surface area (Å²) in [6.45, 7) is 1.00. The topological polar surface area (TPSA) is 75.4 Å². The van der Waals surface area contributed by atoms with Crippen molar-refractivity contribution in [3.05, 3.63) is 22.2 Å². The summed E-state index contributed by atoms with van der Waals surface area (Å²) in [5.74, 6) is 0. The van der Waals surface area contributed by atoms with Gasteiger partial charge in [0.2, 0.25) is 10.0 Å². The van der Waals surface area contributed by atoms with Crippen molar-refractivity contribution >= 4 is 44.6 Å². The maximum atomic E-state index is 11.4. The van der Waals surface area contributed by atoms with Crippen molar-refractivity contribution in [2.24, 2.45) is 0 Å². The fourth-order valence-electron chi connectivity index (χ4n) is 2.27. The number of nitrogens with two attached hydrogens (primary N) is 1. The quantitative estimate of drug-likeness (QED) is 0.830. The molecule has 3 N–H and O–H groups in total. The Morgan fingerprint density at radius 2 is 1.75 bits per heavy atom. The lowest BCUT2D eigenvalue weighted by atomic mass is 10.1. The maximum absolute atomic E-state index is 11.4. The number of hydrogen-bond acceptors (Lipinski definition) is 4. The molecule has 20 heavy (non-hydrogen) atoms. The minimum atomic E-state index is -3.11. The van der Waals surface area contributed by atoms with E-state index < -0.39 is 10.0 Å². The van der Waals surface area contributed by atoms with Crippen LogP contribution in [0.4, 0.5) is 11.4 Å². The summed E-state index contributed by atoms with van der Waals surface area (Å²) in [4.78, 5) is 0. The van der Waals surface area contributed by atoms with Crippen LogP contribution < -0.4 is 11.1 Å². The molecule has 2 rings (SSSR count). The molecule has 0 saturated carbocycles. The number of sulfonamides is 1. The Balaban J connectivity index is 2.03. The van der Waals surface area contributed by atoms with Gasteiger partial charge in [0.1, 0.15) is 0 Å². The number of nitrogens with one attached hydrogen (secondary N) is 1. The molecule has 1 fully saturated rings. The van der Waals surface area contributed by atoms with E-state index in [1.54, 1.807) is 12.1 Å². The van der Waals surface area contributed by atoms with E-state index in [1.165, 1.54) is 10.6 Å². The number of rotatable bonds is 3. The van der Waals surface area contributed by atoms with Gasteiger partial charge in [0, 0.05) is 24.8 Å². The first-order valence-electron chi connectivity index (χ1n) is 6.23. The van der Waals surface area contributed by atoms with Crippen LogP contribution in [0.5, 0.6) is 0 Å². The zero-order valence-electron chi connectivity index (χ0n) is 11.1. The van der Waals surface area contributed by atoms with Gasteiger partial charge >= 0.3 is 0 Å². The van der Waals surface area contributed by atoms with Gasteiger partial charge in [-0.2, -0.15) is 0 Å². The lowest BCUT2D eigenvalue weighted by Gasteiger charge is -2.31. The fourth-order valence-corrected chi connectivity index (χ4v) is 3.75. The van der Waals surface area contributed by atoms with Crippen molar-refractivity contribution in [1.82, 2.24) is 4.31 Å². The van der Waals surface area contributed by atoms with E-state index in [2.05, 4.69) is 5.32 Å². The zero-order valence-corrected chi connectivity index (χ0v) is 13.4. The summed E-state index contributed by atoms with van der Waals surface area (Å²) in [6.07, 6.45) is 2.66. The van der Waals surface area contributed by atoms with Crippen molar-refractivity contribution in [2.75, 3.05) is 30.4 Å². The molecule has 0 aliphatic carbocycles. The van der Waals surface area contributed by atoms with Gasteiger partial charge < -0.3 is 11.1 Å². The Morgan fingerprint density at radius 1 is 1.25 bits per heavy atom. The summed E-state index contributed by atoms with van der Waals surface area (Å²) in [5, 5.41) is 4.22. The number of halogens is 2. The summed E-state index contributed by atoms with van der Waals surface area (Å²) >= 11 is 12.2. The summed E-state index contributed by atoms with van der Waals surface area (Å²) in [5.41, 5.74) is 6.82. The van der Waals surface area contributed by atoms with Crippen molar-refractivity contribution in [3.8, 4) is 0 Å². The van der Waals surface area contributed by atoms with E-state index >= 15 is 0 Å². The second-order valence-electron chi connectivity index (χ2n) is 4.94. The Labute approximate surface area is 129 Å². The number of nitrogens with zero attached hydrogens (tertiary/aromatic N) is 1. The first-order chi connectivity index (χ1) is 9.27. The predicted molar refractivity (Wildman–Crippen MR) is 83.9 cm³/mol. The highest BCUT2D eigenvalue weighted by atomic mass is 35.5. The summed E-state index contributed by atoms with van der Waals surface area (Å²) < 4.78 is 24.4. The number of benzene rings is 1. The third-order valence-corrected chi connectivity index (χ3v) is 5.24. The summed E-state index contributed by atoms with van der Waals surface area (Å²) in [6, 6.07) is 3.43. The maximum Gasteiger partial charge on any atom is 0.211 e. The molecule has 1 heterocycles. The highest BCUT2D eigenvalue weighted by Gasteiger charge is 2.25. The van der Waals surface area contributed by atoms with Crippen LogP contribution in [0.2, 0.25) is 10.0 Å². The molecular weight excluding hydrogens is 321 g/mol. The van der Waals surface area contributed by atoms with E-state index in [-0.39, 0.29) is 6.04 Å². The molecule has 0 spiro atoms. The monoisotopic (exact) mass is 337 g/mol. The molecule has 8 heteroatoms.